The van der Waals surface area contributed by atoms with E-state index in [9.17, 15) is 14.4 Å². The molecule has 9 heteroatoms. The fourth-order valence-corrected chi connectivity index (χ4v) is 3.13. The summed E-state index contributed by atoms with van der Waals surface area (Å²) in [5.41, 5.74) is 0.200. The first kappa shape index (κ1) is 18.2. The van der Waals surface area contributed by atoms with Gasteiger partial charge in [0, 0.05) is 25.3 Å². The van der Waals surface area contributed by atoms with Crippen LogP contribution in [0, 0.1) is 6.92 Å². The Hall–Kier alpha value is -2.64. The van der Waals surface area contributed by atoms with Crippen LogP contribution < -0.4 is 16.6 Å². The highest BCUT2D eigenvalue weighted by Gasteiger charge is 2.19. The minimum Gasteiger partial charge on any atom is -0.321 e. The van der Waals surface area contributed by atoms with Crippen LogP contribution in [-0.2, 0) is 14.1 Å². The maximum atomic E-state index is 12.7. The molecule has 1 N–H and O–H groups in total. The molecular weight excluding hydrogens is 379 g/mol. The number of hydrogen-bond acceptors (Lipinski definition) is 4. The molecule has 1 amide bonds. The molecule has 3 rings (SSSR count). The lowest BCUT2D eigenvalue weighted by molar-refractivity contribution is 0.102. The molecule has 0 aliphatic carbocycles. The van der Waals surface area contributed by atoms with Crippen LogP contribution in [0.2, 0.25) is 10.0 Å². The van der Waals surface area contributed by atoms with Crippen molar-refractivity contribution in [3.05, 3.63) is 66.4 Å². The number of halogens is 2. The van der Waals surface area contributed by atoms with E-state index in [0.29, 0.717) is 10.6 Å². The van der Waals surface area contributed by atoms with Gasteiger partial charge in [0.05, 0.1) is 16.3 Å². The third-order valence-electron chi connectivity index (χ3n) is 4.07. The van der Waals surface area contributed by atoms with E-state index in [1.54, 1.807) is 13.0 Å². The molecule has 26 heavy (non-hydrogen) atoms. The van der Waals surface area contributed by atoms with Gasteiger partial charge >= 0.3 is 5.69 Å². The third-order valence-corrected chi connectivity index (χ3v) is 4.62. The highest BCUT2D eigenvalue weighted by molar-refractivity contribution is 6.37. The summed E-state index contributed by atoms with van der Waals surface area (Å²) in [6, 6.07) is 4.49. The molecule has 0 aliphatic heterocycles. The summed E-state index contributed by atoms with van der Waals surface area (Å²) < 4.78 is 2.22. The molecule has 0 aliphatic rings. The van der Waals surface area contributed by atoms with Crippen LogP contribution in [0.4, 0.5) is 5.69 Å². The van der Waals surface area contributed by atoms with Crippen LogP contribution >= 0.6 is 23.2 Å². The number of hydrogen-bond donors (Lipinski definition) is 1. The average molecular weight is 393 g/mol. The van der Waals surface area contributed by atoms with Gasteiger partial charge in [0.1, 0.15) is 5.39 Å². The van der Waals surface area contributed by atoms with Gasteiger partial charge in [0.15, 0.2) is 5.65 Å². The summed E-state index contributed by atoms with van der Waals surface area (Å²) in [7, 11) is 2.88. The minimum atomic E-state index is -0.545. The summed E-state index contributed by atoms with van der Waals surface area (Å²) in [4.78, 5) is 41.5. The van der Waals surface area contributed by atoms with E-state index in [1.165, 1.54) is 37.0 Å². The Labute approximate surface area is 157 Å². The van der Waals surface area contributed by atoms with Gasteiger partial charge in [-0.25, -0.2) is 9.78 Å². The molecule has 0 radical (unpaired) electrons. The number of nitrogens with one attached hydrogen (secondary N) is 1. The zero-order valence-electron chi connectivity index (χ0n) is 14.1. The van der Waals surface area contributed by atoms with Crippen molar-refractivity contribution in [2.75, 3.05) is 5.32 Å². The Balaban J connectivity index is 2.22. The van der Waals surface area contributed by atoms with E-state index in [0.717, 1.165) is 4.57 Å². The summed E-state index contributed by atoms with van der Waals surface area (Å²) in [6.45, 7) is 1.70. The van der Waals surface area contributed by atoms with Gasteiger partial charge in [-0.05, 0) is 30.7 Å². The molecule has 3 aromatic rings. The van der Waals surface area contributed by atoms with E-state index < -0.39 is 17.2 Å². The van der Waals surface area contributed by atoms with Gasteiger partial charge in [0.25, 0.3) is 11.5 Å². The van der Waals surface area contributed by atoms with Crippen molar-refractivity contribution in [2.45, 2.75) is 6.92 Å². The first-order valence-corrected chi connectivity index (χ1v) is 8.29. The fraction of sp³-hybridized carbons (Fsp3) is 0.176. The Morgan fingerprint density at radius 3 is 2.50 bits per heavy atom. The van der Waals surface area contributed by atoms with Crippen molar-refractivity contribution in [1.29, 1.82) is 0 Å². The van der Waals surface area contributed by atoms with Crippen molar-refractivity contribution in [3.63, 3.8) is 0 Å². The number of amides is 1. The Bertz CT molecular complexity index is 1180. The normalized spacial score (nSPS) is 11.0. The molecule has 7 nitrogen and oxygen atoms in total. The molecular formula is C17H14Cl2N4O3. The molecule has 0 atom stereocenters. The summed E-state index contributed by atoms with van der Waals surface area (Å²) in [5, 5.41) is 3.45. The number of carbonyl (C=O) groups excluding carboxylic acids is 1. The van der Waals surface area contributed by atoms with Crippen LogP contribution in [0.15, 0.2) is 34.0 Å². The van der Waals surface area contributed by atoms with Gasteiger partial charge in [-0.15, -0.1) is 0 Å². The SMILES string of the molecule is Cc1cnc2c(c1NC(=O)c1ccc(Cl)cc1Cl)c(=O)n(C)c(=O)n2C. The molecule has 1 aromatic carbocycles. The number of anilines is 1. The largest absolute Gasteiger partial charge is 0.332 e. The lowest BCUT2D eigenvalue weighted by atomic mass is 10.1. The first-order chi connectivity index (χ1) is 12.2. The minimum absolute atomic E-state index is 0.146. The Kier molecular flexibility index (Phi) is 4.60. The first-order valence-electron chi connectivity index (χ1n) is 7.54. The van der Waals surface area contributed by atoms with E-state index >= 15 is 0 Å². The van der Waals surface area contributed by atoms with Gasteiger partial charge in [-0.1, -0.05) is 23.2 Å². The van der Waals surface area contributed by atoms with Crippen molar-refractivity contribution in [3.8, 4) is 0 Å². The molecule has 2 aromatic heterocycles. The Morgan fingerprint density at radius 1 is 1.15 bits per heavy atom. The molecule has 0 unspecified atom stereocenters. The van der Waals surface area contributed by atoms with Crippen LogP contribution in [0.3, 0.4) is 0 Å². The average Bonchev–Trinajstić information content (AvgIpc) is 2.59. The third kappa shape index (κ3) is 2.89. The van der Waals surface area contributed by atoms with Crippen molar-refractivity contribution >= 4 is 45.8 Å². The zero-order valence-corrected chi connectivity index (χ0v) is 15.6. The highest BCUT2D eigenvalue weighted by atomic mass is 35.5. The number of pyridine rings is 1. The monoisotopic (exact) mass is 392 g/mol. The molecule has 0 saturated heterocycles. The number of rotatable bonds is 2. The van der Waals surface area contributed by atoms with Crippen molar-refractivity contribution in [2.24, 2.45) is 14.1 Å². The summed E-state index contributed by atoms with van der Waals surface area (Å²) in [6.07, 6.45) is 1.49. The number of benzene rings is 1. The smallest absolute Gasteiger partial charge is 0.321 e. The number of aryl methyl sites for hydroxylation is 2. The molecule has 0 fully saturated rings. The predicted octanol–water partition coefficient (Wildman–Crippen LogP) is 2.50. The van der Waals surface area contributed by atoms with Crippen molar-refractivity contribution in [1.82, 2.24) is 14.1 Å². The molecule has 0 spiro atoms. The standard InChI is InChI=1S/C17H14Cl2N4O3/c1-8-7-20-14-12(16(25)23(3)17(26)22(14)2)13(8)21-15(24)10-5-4-9(18)6-11(10)19/h4-7H,1-3H3,(H,20,21,24). The highest BCUT2D eigenvalue weighted by Crippen LogP contribution is 2.25. The summed E-state index contributed by atoms with van der Waals surface area (Å²) >= 11 is 11.9. The van der Waals surface area contributed by atoms with Gasteiger partial charge in [0.2, 0.25) is 0 Å². The topological polar surface area (TPSA) is 86.0 Å². The molecule has 2 heterocycles. The van der Waals surface area contributed by atoms with E-state index in [1.807, 2.05) is 0 Å². The number of fused-ring (bicyclic) bond motifs is 1. The quantitative estimate of drug-likeness (QED) is 0.725. The summed E-state index contributed by atoms with van der Waals surface area (Å²) in [5.74, 6) is -0.502. The number of aromatic nitrogens is 3. The van der Waals surface area contributed by atoms with Gasteiger partial charge in [-0.2, -0.15) is 0 Å². The second-order valence-corrected chi connectivity index (χ2v) is 6.64. The van der Waals surface area contributed by atoms with Gasteiger partial charge in [-0.3, -0.25) is 18.7 Å². The van der Waals surface area contributed by atoms with Crippen LogP contribution in [0.25, 0.3) is 11.0 Å². The lowest BCUT2D eigenvalue weighted by Gasteiger charge is -2.14. The fourth-order valence-electron chi connectivity index (χ4n) is 2.64. The molecule has 0 bridgehead atoms. The van der Waals surface area contributed by atoms with E-state index in [2.05, 4.69) is 10.3 Å². The maximum absolute atomic E-state index is 12.7. The second kappa shape index (κ2) is 6.59. The number of carbonyl (C=O) groups is 1. The number of nitrogens with zero attached hydrogens (tertiary/aromatic N) is 3. The lowest BCUT2D eigenvalue weighted by Crippen LogP contribution is -2.37. The molecule has 0 saturated carbocycles. The van der Waals surface area contributed by atoms with Gasteiger partial charge < -0.3 is 5.32 Å². The molecule has 134 valence electrons. The second-order valence-electron chi connectivity index (χ2n) is 5.80. The van der Waals surface area contributed by atoms with E-state index in [-0.39, 0.29) is 27.3 Å². The van der Waals surface area contributed by atoms with E-state index in [4.69, 9.17) is 23.2 Å². The van der Waals surface area contributed by atoms with Crippen LogP contribution in [0.5, 0.6) is 0 Å². The van der Waals surface area contributed by atoms with Crippen LogP contribution in [-0.4, -0.2) is 20.0 Å². The zero-order chi connectivity index (χ0) is 19.2. The maximum Gasteiger partial charge on any atom is 0.332 e. The Morgan fingerprint density at radius 2 is 1.85 bits per heavy atom. The predicted molar refractivity (Wildman–Crippen MR) is 101 cm³/mol. The van der Waals surface area contributed by atoms with Crippen molar-refractivity contribution < 1.29 is 4.79 Å². The van der Waals surface area contributed by atoms with Crippen LogP contribution in [0.1, 0.15) is 15.9 Å².